The van der Waals surface area contributed by atoms with Crippen LogP contribution in [0.25, 0.3) is 11.0 Å². The van der Waals surface area contributed by atoms with Crippen molar-refractivity contribution >= 4 is 26.7 Å². The molecule has 2 aromatic carbocycles. The molecule has 9 heteroatoms. The summed E-state index contributed by atoms with van der Waals surface area (Å²) in [5.74, 6) is 0.670. The minimum absolute atomic E-state index is 0.0312. The largest absolute Gasteiger partial charge is 0.326 e. The summed E-state index contributed by atoms with van der Waals surface area (Å²) in [6.45, 7) is 2.55. The lowest BCUT2D eigenvalue weighted by Crippen LogP contribution is -2.38. The van der Waals surface area contributed by atoms with Crippen molar-refractivity contribution < 1.29 is 13.3 Å². The first-order chi connectivity index (χ1) is 12.4. The van der Waals surface area contributed by atoms with E-state index in [1.54, 1.807) is 6.92 Å². The minimum Gasteiger partial charge on any atom is -0.326 e. The molecule has 2 heterocycles. The van der Waals surface area contributed by atoms with E-state index in [1.165, 1.54) is 16.4 Å². The monoisotopic (exact) mass is 372 g/mol. The van der Waals surface area contributed by atoms with E-state index in [4.69, 9.17) is 0 Å². The number of sulfonamides is 1. The van der Waals surface area contributed by atoms with Crippen molar-refractivity contribution in [3.63, 3.8) is 0 Å². The number of aryl methyl sites for hydroxylation is 1. The van der Waals surface area contributed by atoms with Crippen LogP contribution in [0, 0.1) is 17.0 Å². The fraction of sp³-hybridized carbons (Fsp3) is 0.235. The van der Waals surface area contributed by atoms with Crippen LogP contribution >= 0.6 is 0 Å². The number of nitrogens with zero attached hydrogens (tertiary/aromatic N) is 4. The molecule has 1 aromatic heterocycles. The molecule has 0 spiro atoms. The van der Waals surface area contributed by atoms with Gasteiger partial charge in [0.25, 0.3) is 5.69 Å². The third kappa shape index (κ3) is 2.56. The first-order valence-electron chi connectivity index (χ1n) is 8.07. The third-order valence-corrected chi connectivity index (χ3v) is 6.61. The molecule has 0 fully saturated rings. The number of benzene rings is 2. The molecular formula is C17H16N4O4S. The van der Waals surface area contributed by atoms with Crippen LogP contribution in [-0.2, 0) is 23.1 Å². The van der Waals surface area contributed by atoms with Crippen LogP contribution in [0.4, 0.5) is 5.69 Å². The lowest BCUT2D eigenvalue weighted by atomic mass is 10.2. The Kier molecular flexibility index (Phi) is 3.78. The number of aromatic nitrogens is 2. The molecule has 3 aromatic rings. The highest BCUT2D eigenvalue weighted by atomic mass is 32.2. The zero-order chi connectivity index (χ0) is 18.5. The summed E-state index contributed by atoms with van der Waals surface area (Å²) < 4.78 is 29.5. The van der Waals surface area contributed by atoms with Crippen LogP contribution in [0.2, 0.25) is 0 Å². The Hall–Kier alpha value is -2.78. The summed E-state index contributed by atoms with van der Waals surface area (Å²) in [6.07, 6.45) is 0. The number of nitro groups is 1. The Bertz CT molecular complexity index is 1140. The summed E-state index contributed by atoms with van der Waals surface area (Å²) in [5, 5.41) is 11.0. The molecule has 0 unspecified atom stereocenters. The predicted molar refractivity (Wildman–Crippen MR) is 95.2 cm³/mol. The zero-order valence-corrected chi connectivity index (χ0v) is 14.8. The molecule has 1 aliphatic rings. The van der Waals surface area contributed by atoms with Crippen LogP contribution in [-0.4, -0.2) is 33.7 Å². The van der Waals surface area contributed by atoms with E-state index in [2.05, 4.69) is 4.98 Å². The van der Waals surface area contributed by atoms with E-state index in [9.17, 15) is 18.5 Å². The first kappa shape index (κ1) is 16.7. The Morgan fingerprint density at radius 2 is 1.92 bits per heavy atom. The lowest BCUT2D eigenvalue weighted by molar-refractivity contribution is -0.385. The average molecular weight is 372 g/mol. The molecular weight excluding hydrogens is 356 g/mol. The number of non-ortho nitro benzene ring substituents is 1. The minimum atomic E-state index is -3.85. The van der Waals surface area contributed by atoms with Crippen LogP contribution in [0.1, 0.15) is 11.4 Å². The van der Waals surface area contributed by atoms with Gasteiger partial charge in [-0.15, -0.1) is 0 Å². The number of hydrogen-bond acceptors (Lipinski definition) is 5. The SMILES string of the molecule is Cc1ccc([N+](=O)[O-])cc1S(=O)(=O)N1CCn2c(nc3ccccc32)C1. The second-order valence-electron chi connectivity index (χ2n) is 6.21. The van der Waals surface area contributed by atoms with Gasteiger partial charge >= 0.3 is 0 Å². The van der Waals surface area contributed by atoms with Crippen LogP contribution in [0.3, 0.4) is 0 Å². The number of fused-ring (bicyclic) bond motifs is 3. The van der Waals surface area contributed by atoms with E-state index in [1.807, 2.05) is 28.8 Å². The molecule has 0 saturated heterocycles. The van der Waals surface area contributed by atoms with Gasteiger partial charge in [-0.1, -0.05) is 18.2 Å². The summed E-state index contributed by atoms with van der Waals surface area (Å²) in [6, 6.07) is 11.6. The van der Waals surface area contributed by atoms with Gasteiger partial charge in [0.05, 0.1) is 27.4 Å². The molecule has 1 aliphatic heterocycles. The maximum Gasteiger partial charge on any atom is 0.270 e. The number of para-hydroxylation sites is 2. The van der Waals surface area contributed by atoms with Gasteiger partial charge in [0.15, 0.2) is 0 Å². The maximum absolute atomic E-state index is 13.1. The van der Waals surface area contributed by atoms with E-state index in [-0.39, 0.29) is 23.7 Å². The summed E-state index contributed by atoms with van der Waals surface area (Å²) in [4.78, 5) is 14.9. The van der Waals surface area contributed by atoms with Crippen molar-refractivity contribution in [1.29, 1.82) is 0 Å². The summed E-state index contributed by atoms with van der Waals surface area (Å²) in [5.41, 5.74) is 2.05. The van der Waals surface area contributed by atoms with Gasteiger partial charge in [0.2, 0.25) is 10.0 Å². The number of imidazole rings is 1. The molecule has 0 saturated carbocycles. The molecule has 0 radical (unpaired) electrons. The van der Waals surface area contributed by atoms with Gasteiger partial charge in [-0.3, -0.25) is 10.1 Å². The van der Waals surface area contributed by atoms with Gasteiger partial charge in [-0.05, 0) is 24.6 Å². The molecule has 0 bridgehead atoms. The Morgan fingerprint density at radius 1 is 1.15 bits per heavy atom. The molecule has 0 N–H and O–H groups in total. The molecule has 8 nitrogen and oxygen atoms in total. The van der Waals surface area contributed by atoms with Gasteiger partial charge in [0, 0.05) is 25.2 Å². The Balaban J connectivity index is 1.74. The average Bonchev–Trinajstić information content (AvgIpc) is 2.99. The second-order valence-corrected chi connectivity index (χ2v) is 8.12. The van der Waals surface area contributed by atoms with Crippen molar-refractivity contribution in [2.24, 2.45) is 0 Å². The molecule has 0 aliphatic carbocycles. The zero-order valence-electron chi connectivity index (χ0n) is 14.0. The summed E-state index contributed by atoms with van der Waals surface area (Å²) in [7, 11) is -3.85. The fourth-order valence-electron chi connectivity index (χ4n) is 3.27. The van der Waals surface area contributed by atoms with E-state index < -0.39 is 14.9 Å². The quantitative estimate of drug-likeness (QED) is 0.519. The van der Waals surface area contributed by atoms with Gasteiger partial charge < -0.3 is 4.57 Å². The smallest absolute Gasteiger partial charge is 0.270 e. The Morgan fingerprint density at radius 3 is 2.69 bits per heavy atom. The molecule has 134 valence electrons. The molecule has 4 rings (SSSR count). The number of nitro benzene ring substituents is 1. The van der Waals surface area contributed by atoms with Crippen molar-refractivity contribution in [2.75, 3.05) is 6.54 Å². The normalized spacial score (nSPS) is 15.1. The van der Waals surface area contributed by atoms with E-state index in [0.717, 1.165) is 17.1 Å². The summed E-state index contributed by atoms with van der Waals surface area (Å²) >= 11 is 0. The number of hydrogen-bond donors (Lipinski definition) is 0. The van der Waals surface area contributed by atoms with Gasteiger partial charge in [-0.25, -0.2) is 13.4 Å². The van der Waals surface area contributed by atoms with Crippen molar-refractivity contribution in [3.8, 4) is 0 Å². The number of rotatable bonds is 3. The van der Waals surface area contributed by atoms with Gasteiger partial charge in [-0.2, -0.15) is 4.31 Å². The highest BCUT2D eigenvalue weighted by Gasteiger charge is 2.32. The van der Waals surface area contributed by atoms with Crippen LogP contribution in [0.5, 0.6) is 0 Å². The molecule has 26 heavy (non-hydrogen) atoms. The van der Waals surface area contributed by atoms with Crippen molar-refractivity contribution in [2.45, 2.75) is 24.9 Å². The predicted octanol–water partition coefficient (Wildman–Crippen LogP) is 2.46. The highest BCUT2D eigenvalue weighted by molar-refractivity contribution is 7.89. The van der Waals surface area contributed by atoms with Crippen molar-refractivity contribution in [3.05, 3.63) is 64.0 Å². The Labute approximate surface area is 149 Å². The fourth-order valence-corrected chi connectivity index (χ4v) is 4.90. The van der Waals surface area contributed by atoms with Gasteiger partial charge in [0.1, 0.15) is 5.82 Å². The maximum atomic E-state index is 13.1. The second kappa shape index (κ2) is 5.89. The standard InChI is InChI=1S/C17H16N4O4S/c1-12-6-7-13(21(22)23)10-16(12)26(24,25)19-8-9-20-15-5-3-2-4-14(15)18-17(20)11-19/h2-7,10H,8-9,11H2,1H3. The van der Waals surface area contributed by atoms with Crippen LogP contribution < -0.4 is 0 Å². The molecule has 0 atom stereocenters. The topological polar surface area (TPSA) is 98.3 Å². The molecule has 0 amide bonds. The third-order valence-electron chi connectivity index (χ3n) is 4.62. The first-order valence-corrected chi connectivity index (χ1v) is 9.51. The highest BCUT2D eigenvalue weighted by Crippen LogP contribution is 2.28. The lowest BCUT2D eigenvalue weighted by Gasteiger charge is -2.27. The van der Waals surface area contributed by atoms with Crippen LogP contribution in [0.15, 0.2) is 47.4 Å². The van der Waals surface area contributed by atoms with Crippen molar-refractivity contribution in [1.82, 2.24) is 13.9 Å². The van der Waals surface area contributed by atoms with E-state index >= 15 is 0 Å². The van der Waals surface area contributed by atoms with E-state index in [0.29, 0.717) is 17.9 Å².